The molecule has 0 aliphatic carbocycles. The van der Waals surface area contributed by atoms with Crippen molar-refractivity contribution in [1.82, 2.24) is 4.98 Å². The molecule has 1 amide bonds. The van der Waals surface area contributed by atoms with Gasteiger partial charge in [-0.2, -0.15) is 13.2 Å². The van der Waals surface area contributed by atoms with Gasteiger partial charge in [-0.1, -0.05) is 11.6 Å². The molecule has 1 heterocycles. The predicted octanol–water partition coefficient (Wildman–Crippen LogP) is 4.24. The van der Waals surface area contributed by atoms with Gasteiger partial charge in [0.1, 0.15) is 5.75 Å². The predicted molar refractivity (Wildman–Crippen MR) is 79.9 cm³/mol. The fourth-order valence-electron chi connectivity index (χ4n) is 1.68. The summed E-state index contributed by atoms with van der Waals surface area (Å²) in [6, 6.07) is 7.15. The molecule has 0 aliphatic rings. The van der Waals surface area contributed by atoms with E-state index in [1.807, 2.05) is 0 Å². The van der Waals surface area contributed by atoms with E-state index in [0.29, 0.717) is 0 Å². The topological polar surface area (TPSA) is 51.2 Å². The van der Waals surface area contributed by atoms with Crippen LogP contribution in [0.4, 0.5) is 18.9 Å². The average Bonchev–Trinajstić information content (AvgIpc) is 2.46. The van der Waals surface area contributed by atoms with Crippen molar-refractivity contribution in [3.8, 4) is 5.75 Å². The molecular weight excluding hydrogens is 333 g/mol. The molecule has 0 aliphatic heterocycles. The molecular formula is C15H12ClF3N2O2. The molecule has 8 heteroatoms. The third-order valence-electron chi connectivity index (χ3n) is 2.75. The van der Waals surface area contributed by atoms with E-state index in [9.17, 15) is 18.0 Å². The Morgan fingerprint density at radius 1 is 1.30 bits per heavy atom. The van der Waals surface area contributed by atoms with E-state index in [1.165, 1.54) is 24.4 Å². The fourth-order valence-corrected chi connectivity index (χ4v) is 1.85. The highest BCUT2D eigenvalue weighted by Crippen LogP contribution is 2.30. The van der Waals surface area contributed by atoms with E-state index in [-0.39, 0.29) is 22.0 Å². The van der Waals surface area contributed by atoms with E-state index in [1.54, 1.807) is 19.1 Å². The maximum absolute atomic E-state index is 12.3. The Morgan fingerprint density at radius 3 is 2.65 bits per heavy atom. The molecule has 2 aromatic rings. The van der Waals surface area contributed by atoms with Crippen LogP contribution in [0.2, 0.25) is 5.02 Å². The largest absolute Gasteiger partial charge is 0.482 e. The van der Waals surface area contributed by atoms with Crippen molar-refractivity contribution in [2.24, 2.45) is 0 Å². The Bertz CT molecular complexity index is 703. The zero-order valence-electron chi connectivity index (χ0n) is 11.9. The smallest absolute Gasteiger partial charge is 0.422 e. The minimum absolute atomic E-state index is 0.0484. The van der Waals surface area contributed by atoms with Gasteiger partial charge < -0.3 is 10.1 Å². The van der Waals surface area contributed by atoms with Crippen molar-refractivity contribution in [3.63, 3.8) is 0 Å². The highest BCUT2D eigenvalue weighted by Gasteiger charge is 2.29. The van der Waals surface area contributed by atoms with Crippen LogP contribution in [-0.2, 0) is 0 Å². The number of hydrogen-bond donors (Lipinski definition) is 1. The average molecular weight is 345 g/mol. The van der Waals surface area contributed by atoms with Crippen molar-refractivity contribution in [2.75, 3.05) is 11.9 Å². The van der Waals surface area contributed by atoms with Gasteiger partial charge in [-0.25, -0.2) is 0 Å². The highest BCUT2D eigenvalue weighted by molar-refractivity contribution is 6.31. The van der Waals surface area contributed by atoms with Gasteiger partial charge in [0.2, 0.25) is 0 Å². The van der Waals surface area contributed by atoms with Gasteiger partial charge in [-0.15, -0.1) is 0 Å². The number of alkyl halides is 3. The zero-order valence-corrected chi connectivity index (χ0v) is 12.7. The van der Waals surface area contributed by atoms with E-state index < -0.39 is 18.7 Å². The number of benzene rings is 1. The number of aryl methyl sites for hydroxylation is 1. The van der Waals surface area contributed by atoms with Crippen molar-refractivity contribution < 1.29 is 22.7 Å². The Kier molecular flexibility index (Phi) is 5.10. The van der Waals surface area contributed by atoms with Crippen LogP contribution in [-0.4, -0.2) is 23.7 Å². The number of rotatable bonds is 4. The number of amides is 1. The van der Waals surface area contributed by atoms with Crippen molar-refractivity contribution in [3.05, 3.63) is 52.8 Å². The lowest BCUT2D eigenvalue weighted by molar-refractivity contribution is -0.153. The third kappa shape index (κ3) is 5.14. The first-order chi connectivity index (χ1) is 10.7. The van der Waals surface area contributed by atoms with E-state index >= 15 is 0 Å². The zero-order chi connectivity index (χ0) is 17.0. The number of carbonyl (C=O) groups is 1. The van der Waals surface area contributed by atoms with Gasteiger partial charge in [0, 0.05) is 16.9 Å². The molecule has 23 heavy (non-hydrogen) atoms. The number of aromatic nitrogens is 1. The van der Waals surface area contributed by atoms with Gasteiger partial charge >= 0.3 is 6.18 Å². The summed E-state index contributed by atoms with van der Waals surface area (Å²) in [5, 5.41) is 2.72. The van der Waals surface area contributed by atoms with Gasteiger partial charge in [0.05, 0.1) is 11.3 Å². The van der Waals surface area contributed by atoms with Crippen LogP contribution in [0.15, 0.2) is 36.5 Å². The van der Waals surface area contributed by atoms with Crippen molar-refractivity contribution in [1.29, 1.82) is 0 Å². The van der Waals surface area contributed by atoms with Crippen LogP contribution >= 0.6 is 11.6 Å². The van der Waals surface area contributed by atoms with Crippen molar-refractivity contribution >= 4 is 23.2 Å². The second-order valence-corrected chi connectivity index (χ2v) is 5.12. The second kappa shape index (κ2) is 6.87. The van der Waals surface area contributed by atoms with Gasteiger partial charge in [0.15, 0.2) is 6.61 Å². The first-order valence-corrected chi connectivity index (χ1v) is 6.85. The third-order valence-corrected chi connectivity index (χ3v) is 2.99. The van der Waals surface area contributed by atoms with Crippen LogP contribution in [0.3, 0.4) is 0 Å². The summed E-state index contributed by atoms with van der Waals surface area (Å²) < 4.78 is 41.5. The molecule has 0 atom stereocenters. The highest BCUT2D eigenvalue weighted by atomic mass is 35.5. The Hall–Kier alpha value is -2.28. The Balaban J connectivity index is 2.19. The first-order valence-electron chi connectivity index (χ1n) is 6.48. The molecule has 2 rings (SSSR count). The van der Waals surface area contributed by atoms with Crippen LogP contribution in [0.5, 0.6) is 5.75 Å². The minimum Gasteiger partial charge on any atom is -0.482 e. The number of halogens is 4. The molecule has 122 valence electrons. The number of hydrogen-bond acceptors (Lipinski definition) is 3. The summed E-state index contributed by atoms with van der Waals surface area (Å²) in [5.74, 6) is -0.656. The number of nitrogens with one attached hydrogen (secondary N) is 1. The normalized spacial score (nSPS) is 11.2. The molecule has 0 fully saturated rings. The number of pyridine rings is 1. The Labute approximate surface area is 135 Å². The van der Waals surface area contributed by atoms with Gasteiger partial charge in [-0.3, -0.25) is 9.78 Å². The van der Waals surface area contributed by atoms with Crippen LogP contribution in [0.1, 0.15) is 16.1 Å². The van der Waals surface area contributed by atoms with Crippen LogP contribution in [0.25, 0.3) is 0 Å². The standard InChI is InChI=1S/C15H12ClF3N2O2/c1-9-2-3-10(7-20-9)14(22)21-12-6-11(16)4-5-13(12)23-8-15(17,18)19/h2-7H,8H2,1H3,(H,21,22). The fraction of sp³-hybridized carbons (Fsp3) is 0.200. The second-order valence-electron chi connectivity index (χ2n) is 4.69. The van der Waals surface area contributed by atoms with Crippen LogP contribution < -0.4 is 10.1 Å². The molecule has 0 unspecified atom stereocenters. The molecule has 4 nitrogen and oxygen atoms in total. The molecule has 0 radical (unpaired) electrons. The molecule has 1 aromatic carbocycles. The summed E-state index contributed by atoms with van der Waals surface area (Å²) in [5.41, 5.74) is 1.04. The summed E-state index contributed by atoms with van der Waals surface area (Å²) in [6.45, 7) is 0.297. The van der Waals surface area contributed by atoms with E-state index in [2.05, 4.69) is 10.3 Å². The number of nitrogens with zero attached hydrogens (tertiary/aromatic N) is 1. The molecule has 1 aromatic heterocycles. The molecule has 0 saturated heterocycles. The minimum atomic E-state index is -4.48. The van der Waals surface area contributed by atoms with Gasteiger partial charge in [-0.05, 0) is 37.3 Å². The summed E-state index contributed by atoms with van der Waals surface area (Å²) in [4.78, 5) is 16.1. The maximum Gasteiger partial charge on any atom is 0.422 e. The van der Waals surface area contributed by atoms with Crippen molar-refractivity contribution in [2.45, 2.75) is 13.1 Å². The number of carbonyl (C=O) groups excluding carboxylic acids is 1. The lowest BCUT2D eigenvalue weighted by Gasteiger charge is -2.14. The maximum atomic E-state index is 12.3. The quantitative estimate of drug-likeness (QED) is 0.902. The summed E-state index contributed by atoms with van der Waals surface area (Å²) in [7, 11) is 0. The molecule has 0 spiro atoms. The first kappa shape index (κ1) is 17.1. The molecule has 1 N–H and O–H groups in total. The summed E-state index contributed by atoms with van der Waals surface area (Å²) >= 11 is 5.82. The SMILES string of the molecule is Cc1ccc(C(=O)Nc2cc(Cl)ccc2OCC(F)(F)F)cn1. The van der Waals surface area contributed by atoms with E-state index in [4.69, 9.17) is 16.3 Å². The lowest BCUT2D eigenvalue weighted by Crippen LogP contribution is -2.20. The molecule has 0 bridgehead atoms. The van der Waals surface area contributed by atoms with E-state index in [0.717, 1.165) is 5.69 Å². The summed E-state index contributed by atoms with van der Waals surface area (Å²) in [6.07, 6.45) is -3.12. The monoisotopic (exact) mass is 344 g/mol. The van der Waals surface area contributed by atoms with Crippen LogP contribution in [0, 0.1) is 6.92 Å². The number of anilines is 1. The van der Waals surface area contributed by atoms with Gasteiger partial charge in [0.25, 0.3) is 5.91 Å². The number of ether oxygens (including phenoxy) is 1. The lowest BCUT2D eigenvalue weighted by atomic mass is 10.2. The Morgan fingerprint density at radius 2 is 2.04 bits per heavy atom. The molecule has 0 saturated carbocycles.